The number of amides is 1. The lowest BCUT2D eigenvalue weighted by Crippen LogP contribution is -2.48. The van der Waals surface area contributed by atoms with Gasteiger partial charge < -0.3 is 5.32 Å². The van der Waals surface area contributed by atoms with Gasteiger partial charge in [0.2, 0.25) is 11.7 Å². The minimum absolute atomic E-state index is 0.0518. The third-order valence-electron chi connectivity index (χ3n) is 3.80. The Kier molecular flexibility index (Phi) is 3.59. The second-order valence-electron chi connectivity index (χ2n) is 5.65. The Balaban J connectivity index is 1.65. The van der Waals surface area contributed by atoms with Crippen molar-refractivity contribution in [3.8, 4) is 17.5 Å². The maximum atomic E-state index is 12.1. The van der Waals surface area contributed by atoms with Crippen molar-refractivity contribution in [1.82, 2.24) is 25.5 Å². The van der Waals surface area contributed by atoms with Crippen molar-refractivity contribution in [2.45, 2.75) is 31.8 Å². The van der Waals surface area contributed by atoms with Crippen LogP contribution in [-0.2, 0) is 11.3 Å². The molecule has 1 saturated carbocycles. The minimum Gasteiger partial charge on any atom is -0.336 e. The van der Waals surface area contributed by atoms with Gasteiger partial charge in [-0.05, 0) is 30.9 Å². The number of benzene rings is 1. The Hall–Kier alpha value is -2.75. The highest BCUT2D eigenvalue weighted by molar-refractivity contribution is 5.77. The molecule has 0 unspecified atom stereocenters. The first-order chi connectivity index (χ1) is 10.6. The Bertz CT molecular complexity index is 715. The summed E-state index contributed by atoms with van der Waals surface area (Å²) in [6, 6.07) is 11.6. The molecule has 0 bridgehead atoms. The largest absolute Gasteiger partial charge is 0.336 e. The predicted octanol–water partition coefficient (Wildman–Crippen LogP) is 1.15. The molecule has 0 aliphatic heterocycles. The Labute approximate surface area is 127 Å². The van der Waals surface area contributed by atoms with E-state index in [0.717, 1.165) is 18.4 Å². The number of carbonyl (C=O) groups is 1. The van der Waals surface area contributed by atoms with Gasteiger partial charge in [-0.1, -0.05) is 30.3 Å². The summed E-state index contributed by atoms with van der Waals surface area (Å²) in [6.07, 6.45) is 1.95. The first-order valence-electron chi connectivity index (χ1n) is 7.16. The van der Waals surface area contributed by atoms with E-state index in [1.165, 1.54) is 4.80 Å². The molecule has 1 N–H and O–H groups in total. The highest BCUT2D eigenvalue weighted by atomic mass is 16.2. The van der Waals surface area contributed by atoms with Gasteiger partial charge in [0.1, 0.15) is 12.1 Å². The van der Waals surface area contributed by atoms with Gasteiger partial charge in [0.15, 0.2) is 0 Å². The summed E-state index contributed by atoms with van der Waals surface area (Å²) in [6.45, 7) is 1.70. The fourth-order valence-corrected chi connectivity index (χ4v) is 2.35. The molecule has 2 aromatic rings. The van der Waals surface area contributed by atoms with Gasteiger partial charge in [0.25, 0.3) is 0 Å². The molecule has 112 valence electrons. The molecule has 1 atom stereocenters. The lowest BCUT2D eigenvalue weighted by molar-refractivity contribution is -0.123. The summed E-state index contributed by atoms with van der Waals surface area (Å²) in [5.74, 6) is 0.427. The number of nitriles is 1. The zero-order chi connectivity index (χ0) is 15.6. The summed E-state index contributed by atoms with van der Waals surface area (Å²) in [5.41, 5.74) is 0.0360. The third kappa shape index (κ3) is 2.96. The van der Waals surface area contributed by atoms with Crippen LogP contribution in [0.5, 0.6) is 0 Å². The summed E-state index contributed by atoms with van der Waals surface area (Å²) >= 11 is 0. The van der Waals surface area contributed by atoms with E-state index in [2.05, 4.69) is 26.8 Å². The monoisotopic (exact) mass is 296 g/mol. The SMILES string of the molecule is C[C@](C#N)(NC(=O)Cn1nnc(-c2ccccc2)n1)C1CC1. The van der Waals surface area contributed by atoms with E-state index in [-0.39, 0.29) is 18.4 Å². The van der Waals surface area contributed by atoms with Gasteiger partial charge in [-0.3, -0.25) is 4.79 Å². The third-order valence-corrected chi connectivity index (χ3v) is 3.80. The maximum Gasteiger partial charge on any atom is 0.244 e. The van der Waals surface area contributed by atoms with Crippen molar-refractivity contribution in [3.63, 3.8) is 0 Å². The second kappa shape index (κ2) is 5.56. The molecule has 1 aliphatic rings. The van der Waals surface area contributed by atoms with Crippen LogP contribution in [-0.4, -0.2) is 31.7 Å². The number of nitrogens with one attached hydrogen (secondary N) is 1. The van der Waals surface area contributed by atoms with Crippen LogP contribution >= 0.6 is 0 Å². The molecule has 1 amide bonds. The van der Waals surface area contributed by atoms with Crippen molar-refractivity contribution < 1.29 is 4.79 Å². The van der Waals surface area contributed by atoms with Crippen molar-refractivity contribution in [1.29, 1.82) is 5.26 Å². The van der Waals surface area contributed by atoms with Crippen LogP contribution in [0.2, 0.25) is 0 Å². The van der Waals surface area contributed by atoms with Crippen LogP contribution in [0.1, 0.15) is 19.8 Å². The number of nitrogens with zero attached hydrogens (tertiary/aromatic N) is 5. The number of hydrogen-bond donors (Lipinski definition) is 1. The molecule has 0 spiro atoms. The molecular weight excluding hydrogens is 280 g/mol. The van der Waals surface area contributed by atoms with Gasteiger partial charge in [-0.25, -0.2) is 0 Å². The molecule has 0 saturated heterocycles. The van der Waals surface area contributed by atoms with Crippen molar-refractivity contribution >= 4 is 5.91 Å². The zero-order valence-corrected chi connectivity index (χ0v) is 12.2. The minimum atomic E-state index is -0.806. The first kappa shape index (κ1) is 14.2. The number of aromatic nitrogens is 4. The molecule has 1 aliphatic carbocycles. The van der Waals surface area contributed by atoms with Crippen LogP contribution in [0.3, 0.4) is 0 Å². The van der Waals surface area contributed by atoms with E-state index in [1.54, 1.807) is 6.92 Å². The topological polar surface area (TPSA) is 96.5 Å². The van der Waals surface area contributed by atoms with E-state index in [9.17, 15) is 10.1 Å². The van der Waals surface area contributed by atoms with Crippen LogP contribution in [0.25, 0.3) is 11.4 Å². The molecule has 7 nitrogen and oxygen atoms in total. The molecule has 1 heterocycles. The molecule has 22 heavy (non-hydrogen) atoms. The van der Waals surface area contributed by atoms with E-state index in [4.69, 9.17) is 0 Å². The van der Waals surface area contributed by atoms with E-state index in [0.29, 0.717) is 5.82 Å². The normalized spacial score (nSPS) is 16.5. The van der Waals surface area contributed by atoms with E-state index < -0.39 is 5.54 Å². The Morgan fingerprint density at radius 2 is 2.18 bits per heavy atom. The highest BCUT2D eigenvalue weighted by Gasteiger charge is 2.43. The average Bonchev–Trinajstić information content (AvgIpc) is 3.29. The van der Waals surface area contributed by atoms with Crippen molar-refractivity contribution in [2.75, 3.05) is 0 Å². The predicted molar refractivity (Wildman–Crippen MR) is 78.1 cm³/mol. The standard InChI is InChI=1S/C15H16N6O/c1-15(10-16,12-7-8-12)17-13(22)9-21-19-14(18-20-21)11-5-3-2-4-6-11/h2-6,12H,7-9H2,1H3,(H,17,22)/t15-/m1/s1. The smallest absolute Gasteiger partial charge is 0.244 e. The molecule has 0 radical (unpaired) electrons. The second-order valence-corrected chi connectivity index (χ2v) is 5.65. The fourth-order valence-electron chi connectivity index (χ4n) is 2.35. The summed E-state index contributed by atoms with van der Waals surface area (Å²) < 4.78 is 0. The molecule has 1 aromatic carbocycles. The molecule has 3 rings (SSSR count). The quantitative estimate of drug-likeness (QED) is 0.892. The first-order valence-corrected chi connectivity index (χ1v) is 7.16. The van der Waals surface area contributed by atoms with Gasteiger partial charge in [0, 0.05) is 5.56 Å². The molecule has 1 aromatic heterocycles. The number of hydrogen-bond acceptors (Lipinski definition) is 5. The zero-order valence-electron chi connectivity index (χ0n) is 12.2. The van der Waals surface area contributed by atoms with Crippen molar-refractivity contribution in [2.24, 2.45) is 5.92 Å². The maximum absolute atomic E-state index is 12.1. The molecular formula is C15H16N6O. The molecule has 7 heteroatoms. The summed E-state index contributed by atoms with van der Waals surface area (Å²) in [4.78, 5) is 13.3. The summed E-state index contributed by atoms with van der Waals surface area (Å²) in [5, 5.41) is 24.0. The van der Waals surface area contributed by atoms with E-state index in [1.807, 2.05) is 30.3 Å². The van der Waals surface area contributed by atoms with Crippen LogP contribution in [0, 0.1) is 17.2 Å². The van der Waals surface area contributed by atoms with Crippen LogP contribution < -0.4 is 5.32 Å². The van der Waals surface area contributed by atoms with Crippen molar-refractivity contribution in [3.05, 3.63) is 30.3 Å². The fraction of sp³-hybridized carbons (Fsp3) is 0.400. The highest BCUT2D eigenvalue weighted by Crippen LogP contribution is 2.39. The number of rotatable bonds is 5. The van der Waals surface area contributed by atoms with Gasteiger partial charge >= 0.3 is 0 Å². The summed E-state index contributed by atoms with van der Waals surface area (Å²) in [7, 11) is 0. The van der Waals surface area contributed by atoms with Gasteiger partial charge in [-0.15, -0.1) is 10.2 Å². The number of tetrazole rings is 1. The van der Waals surface area contributed by atoms with Gasteiger partial charge in [-0.2, -0.15) is 10.1 Å². The lowest BCUT2D eigenvalue weighted by Gasteiger charge is -2.22. The number of carbonyl (C=O) groups excluding carboxylic acids is 1. The van der Waals surface area contributed by atoms with Crippen LogP contribution in [0.15, 0.2) is 30.3 Å². The Morgan fingerprint density at radius 1 is 1.45 bits per heavy atom. The average molecular weight is 296 g/mol. The Morgan fingerprint density at radius 3 is 2.82 bits per heavy atom. The molecule has 1 fully saturated rings. The lowest BCUT2D eigenvalue weighted by atomic mass is 9.98. The van der Waals surface area contributed by atoms with E-state index >= 15 is 0 Å². The van der Waals surface area contributed by atoms with Gasteiger partial charge in [0.05, 0.1) is 6.07 Å². The van der Waals surface area contributed by atoms with Crippen LogP contribution in [0.4, 0.5) is 0 Å².